The van der Waals surface area contributed by atoms with Crippen LogP contribution in [0.1, 0.15) is 11.4 Å². The highest BCUT2D eigenvalue weighted by atomic mass is 35.5. The van der Waals surface area contributed by atoms with E-state index in [1.807, 2.05) is 48.4 Å². The zero-order valence-corrected chi connectivity index (χ0v) is 16.3. The van der Waals surface area contributed by atoms with Crippen LogP contribution in [0.25, 0.3) is 5.78 Å². The lowest BCUT2D eigenvalue weighted by atomic mass is 10.3. The number of para-hydroxylation sites is 1. The summed E-state index contributed by atoms with van der Waals surface area (Å²) in [6.45, 7) is 4.42. The van der Waals surface area contributed by atoms with Crippen molar-refractivity contribution in [3.63, 3.8) is 0 Å². The number of halogens is 1. The molecular weight excluding hydrogens is 372 g/mol. The van der Waals surface area contributed by atoms with Crippen molar-refractivity contribution in [2.75, 3.05) is 18.9 Å². The second-order valence-electron chi connectivity index (χ2n) is 6.14. The molecule has 0 fully saturated rings. The van der Waals surface area contributed by atoms with Gasteiger partial charge in [-0.25, -0.2) is 9.67 Å². The first kappa shape index (κ1) is 18.5. The molecule has 0 aliphatic rings. The molecule has 2 heterocycles. The van der Waals surface area contributed by atoms with Crippen LogP contribution in [0, 0.1) is 18.6 Å². The molecule has 136 valence electrons. The Bertz CT molecular complexity index is 1030. The first-order chi connectivity index (χ1) is 12.3. The monoisotopic (exact) mass is 390 g/mol. The summed E-state index contributed by atoms with van der Waals surface area (Å²) in [5.41, 5.74) is 2.45. The third kappa shape index (κ3) is 3.92. The SMILES string of the molecule is Cc1cc(C)n2c(=S)n(CN(C)CC(=O)Nc3ccccc3Cl)nc2n1. The molecule has 0 aliphatic carbocycles. The minimum Gasteiger partial charge on any atom is -0.324 e. The summed E-state index contributed by atoms with van der Waals surface area (Å²) in [5, 5.41) is 7.75. The molecule has 9 heteroatoms. The molecule has 0 unspecified atom stereocenters. The number of aromatic nitrogens is 4. The van der Waals surface area contributed by atoms with Crippen molar-refractivity contribution >= 4 is 41.2 Å². The average Bonchev–Trinajstić information content (AvgIpc) is 2.85. The minimum absolute atomic E-state index is 0.166. The van der Waals surface area contributed by atoms with Gasteiger partial charge in [-0.15, -0.1) is 5.10 Å². The van der Waals surface area contributed by atoms with Crippen LogP contribution in [0.15, 0.2) is 30.3 Å². The fourth-order valence-electron chi connectivity index (χ4n) is 2.70. The lowest BCUT2D eigenvalue weighted by Crippen LogP contribution is -2.32. The van der Waals surface area contributed by atoms with Gasteiger partial charge in [-0.05, 0) is 51.3 Å². The number of fused-ring (bicyclic) bond motifs is 1. The first-order valence-corrected chi connectivity index (χ1v) is 8.80. The van der Waals surface area contributed by atoms with E-state index in [0.29, 0.717) is 27.9 Å². The molecule has 0 bridgehead atoms. The summed E-state index contributed by atoms with van der Waals surface area (Å²) in [4.78, 5) is 18.5. The van der Waals surface area contributed by atoms with Gasteiger partial charge in [-0.2, -0.15) is 0 Å². The molecule has 0 saturated heterocycles. The molecule has 3 aromatic rings. The molecule has 26 heavy (non-hydrogen) atoms. The Balaban J connectivity index is 1.71. The van der Waals surface area contributed by atoms with Gasteiger partial charge in [0.1, 0.15) is 0 Å². The summed E-state index contributed by atoms with van der Waals surface area (Å²) < 4.78 is 4.02. The van der Waals surface area contributed by atoms with Crippen molar-refractivity contribution in [2.45, 2.75) is 20.5 Å². The Hall–Kier alpha value is -2.29. The van der Waals surface area contributed by atoms with Crippen LogP contribution >= 0.6 is 23.8 Å². The number of rotatable bonds is 5. The molecule has 2 aromatic heterocycles. The van der Waals surface area contributed by atoms with Crippen molar-refractivity contribution in [1.29, 1.82) is 0 Å². The highest BCUT2D eigenvalue weighted by Gasteiger charge is 2.13. The van der Waals surface area contributed by atoms with E-state index in [0.717, 1.165) is 11.4 Å². The summed E-state index contributed by atoms with van der Waals surface area (Å²) >= 11 is 11.6. The Kier molecular flexibility index (Phi) is 5.36. The third-order valence-electron chi connectivity index (χ3n) is 3.81. The normalized spacial score (nSPS) is 11.3. The Morgan fingerprint density at radius 3 is 2.81 bits per heavy atom. The van der Waals surface area contributed by atoms with Crippen LogP contribution in [0.5, 0.6) is 0 Å². The summed E-state index contributed by atoms with van der Waals surface area (Å²) in [6, 6.07) is 9.07. The number of nitrogens with zero attached hydrogens (tertiary/aromatic N) is 5. The third-order valence-corrected chi connectivity index (χ3v) is 4.53. The molecule has 0 saturated carbocycles. The lowest BCUT2D eigenvalue weighted by Gasteiger charge is -2.16. The molecule has 0 atom stereocenters. The van der Waals surface area contributed by atoms with Gasteiger partial charge >= 0.3 is 0 Å². The predicted molar refractivity (Wildman–Crippen MR) is 104 cm³/mol. The van der Waals surface area contributed by atoms with Crippen molar-refractivity contribution in [1.82, 2.24) is 24.1 Å². The van der Waals surface area contributed by atoms with Crippen LogP contribution in [-0.4, -0.2) is 43.6 Å². The maximum absolute atomic E-state index is 12.2. The number of carbonyl (C=O) groups is 1. The van der Waals surface area contributed by atoms with Gasteiger partial charge < -0.3 is 5.32 Å². The number of anilines is 1. The van der Waals surface area contributed by atoms with Crippen LogP contribution in [0.4, 0.5) is 5.69 Å². The van der Waals surface area contributed by atoms with E-state index >= 15 is 0 Å². The summed E-state index contributed by atoms with van der Waals surface area (Å²) in [7, 11) is 1.82. The van der Waals surface area contributed by atoms with Gasteiger partial charge in [0.2, 0.25) is 10.7 Å². The van der Waals surface area contributed by atoms with Gasteiger partial charge in [-0.3, -0.25) is 14.1 Å². The average molecular weight is 391 g/mol. The fourth-order valence-corrected chi connectivity index (χ4v) is 3.21. The highest BCUT2D eigenvalue weighted by Crippen LogP contribution is 2.20. The molecular formula is C17H19ClN6OS. The summed E-state index contributed by atoms with van der Waals surface area (Å²) in [5.74, 6) is 0.391. The number of benzene rings is 1. The zero-order valence-electron chi connectivity index (χ0n) is 14.7. The van der Waals surface area contributed by atoms with Gasteiger partial charge in [0.15, 0.2) is 0 Å². The largest absolute Gasteiger partial charge is 0.324 e. The van der Waals surface area contributed by atoms with E-state index < -0.39 is 0 Å². The van der Waals surface area contributed by atoms with E-state index in [1.54, 1.807) is 16.8 Å². The molecule has 1 aromatic carbocycles. The molecule has 7 nitrogen and oxygen atoms in total. The molecule has 3 rings (SSSR count). The van der Waals surface area contributed by atoms with Crippen LogP contribution in [0.2, 0.25) is 5.02 Å². The van der Waals surface area contributed by atoms with E-state index in [9.17, 15) is 4.79 Å². The van der Waals surface area contributed by atoms with Crippen LogP contribution in [-0.2, 0) is 11.5 Å². The van der Waals surface area contributed by atoms with E-state index in [1.165, 1.54) is 0 Å². The van der Waals surface area contributed by atoms with Gasteiger partial charge in [0.05, 0.1) is 23.9 Å². The molecule has 0 spiro atoms. The maximum Gasteiger partial charge on any atom is 0.254 e. The standard InChI is InChI=1S/C17H19ClN6OS/c1-11-8-12(2)24-16(19-11)21-23(17(24)26)10-22(3)9-15(25)20-14-7-5-4-6-13(14)18/h4-8H,9-10H2,1-3H3,(H,20,25). The van der Waals surface area contributed by atoms with E-state index in [4.69, 9.17) is 23.8 Å². The van der Waals surface area contributed by atoms with Crippen LogP contribution in [0.3, 0.4) is 0 Å². The fraction of sp³-hybridized carbons (Fsp3) is 0.294. The highest BCUT2D eigenvalue weighted by molar-refractivity contribution is 7.71. The second-order valence-corrected chi connectivity index (χ2v) is 6.91. The van der Waals surface area contributed by atoms with Crippen molar-refractivity contribution in [3.05, 3.63) is 51.5 Å². The Morgan fingerprint density at radius 1 is 1.35 bits per heavy atom. The number of likely N-dealkylation sites (N-methyl/N-ethyl adjacent to an activating group) is 1. The number of amides is 1. The lowest BCUT2D eigenvalue weighted by molar-refractivity contribution is -0.117. The van der Waals surface area contributed by atoms with Crippen molar-refractivity contribution in [2.24, 2.45) is 0 Å². The van der Waals surface area contributed by atoms with E-state index in [2.05, 4.69) is 15.4 Å². The van der Waals surface area contributed by atoms with E-state index in [-0.39, 0.29) is 12.5 Å². The Morgan fingerprint density at radius 2 is 2.08 bits per heavy atom. The number of hydrogen-bond donors (Lipinski definition) is 1. The quantitative estimate of drug-likeness (QED) is 0.678. The maximum atomic E-state index is 12.2. The molecule has 1 N–H and O–H groups in total. The number of nitrogens with one attached hydrogen (secondary N) is 1. The predicted octanol–water partition coefficient (Wildman–Crippen LogP) is 3.06. The van der Waals surface area contributed by atoms with Gasteiger partial charge in [-0.1, -0.05) is 23.7 Å². The molecule has 0 radical (unpaired) electrons. The number of carbonyl (C=O) groups excluding carboxylic acids is 1. The smallest absolute Gasteiger partial charge is 0.254 e. The summed E-state index contributed by atoms with van der Waals surface area (Å²) in [6.07, 6.45) is 0. The Labute approximate surface area is 161 Å². The topological polar surface area (TPSA) is 67.5 Å². The second kappa shape index (κ2) is 7.53. The van der Waals surface area contributed by atoms with Gasteiger partial charge in [0, 0.05) is 11.4 Å². The first-order valence-electron chi connectivity index (χ1n) is 8.02. The van der Waals surface area contributed by atoms with Gasteiger partial charge in [0.25, 0.3) is 5.78 Å². The number of aryl methyl sites for hydroxylation is 2. The molecule has 1 amide bonds. The number of hydrogen-bond acceptors (Lipinski definition) is 5. The van der Waals surface area contributed by atoms with Crippen molar-refractivity contribution < 1.29 is 4.79 Å². The van der Waals surface area contributed by atoms with Crippen LogP contribution < -0.4 is 5.32 Å². The minimum atomic E-state index is -0.166. The zero-order chi connectivity index (χ0) is 18.8. The van der Waals surface area contributed by atoms with Crippen molar-refractivity contribution in [3.8, 4) is 0 Å². The molecule has 0 aliphatic heterocycles.